The lowest BCUT2D eigenvalue weighted by molar-refractivity contribution is -0.122. The molecule has 0 aliphatic carbocycles. The first kappa shape index (κ1) is 15.6. The van der Waals surface area contributed by atoms with Crippen molar-refractivity contribution in [1.29, 1.82) is 0 Å². The van der Waals surface area contributed by atoms with Crippen LogP contribution in [0.15, 0.2) is 24.3 Å². The number of ether oxygens (including phenoxy) is 1. The monoisotopic (exact) mass is 293 g/mol. The largest absolute Gasteiger partial charge is 0.378 e. The van der Waals surface area contributed by atoms with E-state index < -0.39 is 0 Å². The van der Waals surface area contributed by atoms with Crippen LogP contribution in [0.2, 0.25) is 0 Å². The Morgan fingerprint density at radius 3 is 2.67 bits per heavy atom. The Balaban J connectivity index is 1.75. The Hall–Kier alpha value is -1.75. The van der Waals surface area contributed by atoms with Crippen LogP contribution in [0, 0.1) is 5.82 Å². The van der Waals surface area contributed by atoms with Crippen LogP contribution < -0.4 is 5.32 Å². The standard InChI is InChI=1S/C16H20FNO3/c1-11-10-14(8-9-21-11)18-16(20)7-6-15(19)12-2-4-13(17)5-3-12/h2-5,11,14H,6-10H2,1H3,(H,18,20)/t11-,14-/m0/s1. The summed E-state index contributed by atoms with van der Waals surface area (Å²) in [6.45, 7) is 2.64. The summed E-state index contributed by atoms with van der Waals surface area (Å²) < 4.78 is 18.2. The summed E-state index contributed by atoms with van der Waals surface area (Å²) in [5, 5.41) is 2.93. The van der Waals surface area contributed by atoms with Crippen molar-refractivity contribution < 1.29 is 18.7 Å². The Labute approximate surface area is 123 Å². The number of hydrogen-bond donors (Lipinski definition) is 1. The zero-order valence-electron chi connectivity index (χ0n) is 12.1. The van der Waals surface area contributed by atoms with Gasteiger partial charge >= 0.3 is 0 Å². The van der Waals surface area contributed by atoms with Gasteiger partial charge in [0.05, 0.1) is 6.10 Å². The molecule has 0 aromatic heterocycles. The molecule has 0 spiro atoms. The van der Waals surface area contributed by atoms with Crippen LogP contribution in [-0.4, -0.2) is 30.4 Å². The number of halogens is 1. The normalized spacial score (nSPS) is 21.8. The van der Waals surface area contributed by atoms with Crippen LogP contribution >= 0.6 is 0 Å². The van der Waals surface area contributed by atoms with Crippen LogP contribution in [0.25, 0.3) is 0 Å². The number of rotatable bonds is 5. The molecule has 2 rings (SSSR count). The van der Waals surface area contributed by atoms with Gasteiger partial charge in [-0.25, -0.2) is 4.39 Å². The lowest BCUT2D eigenvalue weighted by Gasteiger charge is -2.27. The third-order valence-electron chi connectivity index (χ3n) is 3.60. The first-order chi connectivity index (χ1) is 10.0. The van der Waals surface area contributed by atoms with Gasteiger partial charge in [0.1, 0.15) is 5.82 Å². The second kappa shape index (κ2) is 7.31. The van der Waals surface area contributed by atoms with E-state index in [4.69, 9.17) is 4.74 Å². The van der Waals surface area contributed by atoms with E-state index >= 15 is 0 Å². The third-order valence-corrected chi connectivity index (χ3v) is 3.60. The molecular formula is C16H20FNO3. The molecule has 0 unspecified atom stereocenters. The molecule has 1 aromatic carbocycles. The predicted octanol–water partition coefficient (Wildman–Crippen LogP) is 2.47. The topological polar surface area (TPSA) is 55.4 Å². The van der Waals surface area contributed by atoms with E-state index in [1.165, 1.54) is 24.3 Å². The number of amides is 1. The number of nitrogens with one attached hydrogen (secondary N) is 1. The Morgan fingerprint density at radius 1 is 1.29 bits per heavy atom. The van der Waals surface area contributed by atoms with Gasteiger partial charge in [0, 0.05) is 31.1 Å². The Kier molecular flexibility index (Phi) is 5.44. The fourth-order valence-electron chi connectivity index (χ4n) is 2.44. The van der Waals surface area contributed by atoms with Gasteiger partial charge in [0.15, 0.2) is 5.78 Å². The summed E-state index contributed by atoms with van der Waals surface area (Å²) in [5.41, 5.74) is 0.434. The average molecular weight is 293 g/mol. The summed E-state index contributed by atoms with van der Waals surface area (Å²) in [6.07, 6.45) is 2.06. The van der Waals surface area contributed by atoms with Gasteiger partial charge in [-0.1, -0.05) is 0 Å². The van der Waals surface area contributed by atoms with Gasteiger partial charge in [-0.05, 0) is 44.0 Å². The van der Waals surface area contributed by atoms with Gasteiger partial charge in [-0.15, -0.1) is 0 Å². The van der Waals surface area contributed by atoms with E-state index in [9.17, 15) is 14.0 Å². The molecule has 1 aliphatic rings. The minimum atomic E-state index is -0.377. The van der Waals surface area contributed by atoms with Crippen LogP contribution in [0.1, 0.15) is 43.0 Å². The molecular weight excluding hydrogens is 273 g/mol. The van der Waals surface area contributed by atoms with Crippen molar-refractivity contribution in [2.24, 2.45) is 0 Å². The van der Waals surface area contributed by atoms with Crippen molar-refractivity contribution in [3.63, 3.8) is 0 Å². The van der Waals surface area contributed by atoms with Gasteiger partial charge in [-0.2, -0.15) is 0 Å². The Morgan fingerprint density at radius 2 is 2.00 bits per heavy atom. The van der Waals surface area contributed by atoms with E-state index in [0.29, 0.717) is 12.2 Å². The molecule has 1 saturated heterocycles. The number of ketones is 1. The van der Waals surface area contributed by atoms with E-state index in [1.807, 2.05) is 6.92 Å². The maximum Gasteiger partial charge on any atom is 0.220 e. The van der Waals surface area contributed by atoms with Crippen molar-refractivity contribution in [3.05, 3.63) is 35.6 Å². The fourth-order valence-corrected chi connectivity index (χ4v) is 2.44. The molecule has 1 fully saturated rings. The quantitative estimate of drug-likeness (QED) is 0.849. The van der Waals surface area contributed by atoms with E-state index in [-0.39, 0.29) is 42.5 Å². The number of Topliss-reactive ketones (excluding diaryl/α,β-unsaturated/α-hetero) is 1. The molecule has 114 valence electrons. The second-order valence-electron chi connectivity index (χ2n) is 5.40. The molecule has 1 amide bonds. The van der Waals surface area contributed by atoms with E-state index in [2.05, 4.69) is 5.32 Å². The van der Waals surface area contributed by atoms with Crippen LogP contribution in [-0.2, 0) is 9.53 Å². The lowest BCUT2D eigenvalue weighted by atomic mass is 10.0. The summed E-state index contributed by atoms with van der Waals surface area (Å²) in [6, 6.07) is 5.50. The molecule has 0 bridgehead atoms. The number of benzene rings is 1. The number of carbonyl (C=O) groups excluding carboxylic acids is 2. The second-order valence-corrected chi connectivity index (χ2v) is 5.40. The van der Waals surface area contributed by atoms with Crippen molar-refractivity contribution >= 4 is 11.7 Å². The summed E-state index contributed by atoms with van der Waals surface area (Å²) in [7, 11) is 0. The molecule has 2 atom stereocenters. The zero-order chi connectivity index (χ0) is 15.2. The highest BCUT2D eigenvalue weighted by molar-refractivity contribution is 5.97. The van der Waals surface area contributed by atoms with Crippen molar-refractivity contribution in [2.45, 2.75) is 44.8 Å². The Bertz CT molecular complexity index is 501. The van der Waals surface area contributed by atoms with Crippen molar-refractivity contribution in [2.75, 3.05) is 6.61 Å². The maximum atomic E-state index is 12.8. The molecule has 1 aliphatic heterocycles. The molecule has 0 saturated carbocycles. The fraction of sp³-hybridized carbons (Fsp3) is 0.500. The summed E-state index contributed by atoms with van der Waals surface area (Å²) in [4.78, 5) is 23.7. The highest BCUT2D eigenvalue weighted by Crippen LogP contribution is 2.13. The molecule has 0 radical (unpaired) electrons. The highest BCUT2D eigenvalue weighted by Gasteiger charge is 2.21. The smallest absolute Gasteiger partial charge is 0.220 e. The molecule has 21 heavy (non-hydrogen) atoms. The van der Waals surface area contributed by atoms with Gasteiger partial charge in [0.25, 0.3) is 0 Å². The molecule has 1 heterocycles. The minimum absolute atomic E-state index is 0.121. The minimum Gasteiger partial charge on any atom is -0.378 e. The summed E-state index contributed by atoms with van der Waals surface area (Å²) >= 11 is 0. The summed E-state index contributed by atoms with van der Waals surface area (Å²) in [5.74, 6) is -0.645. The highest BCUT2D eigenvalue weighted by atomic mass is 19.1. The van der Waals surface area contributed by atoms with Crippen LogP contribution in [0.4, 0.5) is 4.39 Å². The molecule has 1 N–H and O–H groups in total. The third kappa shape index (κ3) is 4.93. The maximum absolute atomic E-state index is 12.8. The predicted molar refractivity (Wildman–Crippen MR) is 76.5 cm³/mol. The van der Waals surface area contributed by atoms with Gasteiger partial charge in [0.2, 0.25) is 5.91 Å². The molecule has 1 aromatic rings. The first-order valence-corrected chi connectivity index (χ1v) is 7.24. The molecule has 4 nitrogen and oxygen atoms in total. The van der Waals surface area contributed by atoms with Gasteiger partial charge in [-0.3, -0.25) is 9.59 Å². The number of hydrogen-bond acceptors (Lipinski definition) is 3. The van der Waals surface area contributed by atoms with Crippen LogP contribution in [0.5, 0.6) is 0 Å². The van der Waals surface area contributed by atoms with Crippen molar-refractivity contribution in [1.82, 2.24) is 5.32 Å². The van der Waals surface area contributed by atoms with Gasteiger partial charge < -0.3 is 10.1 Å². The van der Waals surface area contributed by atoms with E-state index in [1.54, 1.807) is 0 Å². The SMILES string of the molecule is C[C@H]1C[C@@H](NC(=O)CCC(=O)c2ccc(F)cc2)CCO1. The number of carbonyl (C=O) groups is 2. The first-order valence-electron chi connectivity index (χ1n) is 7.24. The average Bonchev–Trinajstić information content (AvgIpc) is 2.45. The zero-order valence-corrected chi connectivity index (χ0v) is 12.1. The van der Waals surface area contributed by atoms with E-state index in [0.717, 1.165) is 12.8 Å². The lowest BCUT2D eigenvalue weighted by Crippen LogP contribution is -2.41. The van der Waals surface area contributed by atoms with Crippen molar-refractivity contribution in [3.8, 4) is 0 Å². The molecule has 5 heteroatoms. The van der Waals surface area contributed by atoms with Crippen LogP contribution in [0.3, 0.4) is 0 Å².